The van der Waals surface area contributed by atoms with Crippen LogP contribution < -0.4 is 11.1 Å². The maximum Gasteiger partial charge on any atom is 0.234 e. The van der Waals surface area contributed by atoms with Crippen molar-refractivity contribution in [3.63, 3.8) is 0 Å². The number of nitrogens with one attached hydrogen (secondary N) is 1. The highest BCUT2D eigenvalue weighted by molar-refractivity contribution is 6.31. The van der Waals surface area contributed by atoms with E-state index in [0.717, 1.165) is 5.56 Å². The van der Waals surface area contributed by atoms with Crippen LogP contribution in [-0.4, -0.2) is 11.9 Å². The molecular weight excluding hydrogens is 212 g/mol. The van der Waals surface area contributed by atoms with Gasteiger partial charge in [0.15, 0.2) is 0 Å². The number of carbonyl (C=O) groups excluding carboxylic acids is 1. The van der Waals surface area contributed by atoms with E-state index in [9.17, 15) is 4.79 Å². The zero-order valence-electron chi connectivity index (χ0n) is 8.83. The molecule has 4 heteroatoms. The molecule has 0 aromatic heterocycles. The Balaban J connectivity index is 2.73. The van der Waals surface area contributed by atoms with Gasteiger partial charge in [-0.3, -0.25) is 10.1 Å². The first-order valence-corrected chi connectivity index (χ1v) is 5.20. The number of rotatable bonds is 4. The molecule has 0 unspecified atom stereocenters. The van der Waals surface area contributed by atoms with Crippen molar-refractivity contribution >= 4 is 17.5 Å². The van der Waals surface area contributed by atoms with E-state index < -0.39 is 0 Å². The molecule has 0 bridgehead atoms. The van der Waals surface area contributed by atoms with Crippen molar-refractivity contribution in [1.82, 2.24) is 5.32 Å². The smallest absolute Gasteiger partial charge is 0.234 e. The highest BCUT2D eigenvalue weighted by atomic mass is 35.5. The standard InChI is InChI=1S/C11H15ClN2O/c1-7(14-8(2)11(13)15)9-5-3-4-6-10(9)12/h3-8,14H,1-2H3,(H2,13,15)/t7-,8-/m1/s1. The summed E-state index contributed by atoms with van der Waals surface area (Å²) in [6.45, 7) is 3.68. The first-order chi connectivity index (χ1) is 7.02. The molecule has 82 valence electrons. The van der Waals surface area contributed by atoms with Crippen LogP contribution in [0.2, 0.25) is 5.02 Å². The maximum absolute atomic E-state index is 10.9. The van der Waals surface area contributed by atoms with Crippen LogP contribution in [0.3, 0.4) is 0 Å². The van der Waals surface area contributed by atoms with Crippen LogP contribution in [0.15, 0.2) is 24.3 Å². The first kappa shape index (κ1) is 12.0. The summed E-state index contributed by atoms with van der Waals surface area (Å²) in [5.74, 6) is -0.367. The molecule has 1 rings (SSSR count). The monoisotopic (exact) mass is 226 g/mol. The number of primary amides is 1. The van der Waals surface area contributed by atoms with Gasteiger partial charge in [-0.1, -0.05) is 29.8 Å². The van der Waals surface area contributed by atoms with Crippen molar-refractivity contribution in [2.24, 2.45) is 5.73 Å². The lowest BCUT2D eigenvalue weighted by atomic mass is 10.1. The van der Waals surface area contributed by atoms with Crippen molar-refractivity contribution in [3.05, 3.63) is 34.9 Å². The molecule has 1 aromatic carbocycles. The zero-order chi connectivity index (χ0) is 11.4. The Hall–Kier alpha value is -1.06. The predicted octanol–water partition coefficient (Wildman–Crippen LogP) is 1.86. The van der Waals surface area contributed by atoms with Crippen molar-refractivity contribution in [3.8, 4) is 0 Å². The summed E-state index contributed by atoms with van der Waals surface area (Å²) in [6, 6.07) is 7.17. The number of halogens is 1. The van der Waals surface area contributed by atoms with Crippen molar-refractivity contribution in [2.45, 2.75) is 25.9 Å². The Kier molecular flexibility index (Phi) is 4.12. The first-order valence-electron chi connectivity index (χ1n) is 4.82. The highest BCUT2D eigenvalue weighted by Gasteiger charge is 2.14. The Morgan fingerprint density at radius 3 is 2.53 bits per heavy atom. The van der Waals surface area contributed by atoms with Gasteiger partial charge in [0.25, 0.3) is 0 Å². The lowest BCUT2D eigenvalue weighted by Gasteiger charge is -2.18. The highest BCUT2D eigenvalue weighted by Crippen LogP contribution is 2.22. The fourth-order valence-electron chi connectivity index (χ4n) is 1.37. The average Bonchev–Trinajstić information content (AvgIpc) is 2.18. The van der Waals surface area contributed by atoms with Crippen LogP contribution in [0.4, 0.5) is 0 Å². The summed E-state index contributed by atoms with van der Waals surface area (Å²) in [4.78, 5) is 10.9. The molecule has 1 aromatic rings. The summed E-state index contributed by atoms with van der Waals surface area (Å²) in [5.41, 5.74) is 6.13. The summed E-state index contributed by atoms with van der Waals surface area (Å²) < 4.78 is 0. The van der Waals surface area contributed by atoms with Gasteiger partial charge in [0, 0.05) is 11.1 Å². The van der Waals surface area contributed by atoms with E-state index in [1.54, 1.807) is 6.92 Å². The Morgan fingerprint density at radius 1 is 1.40 bits per heavy atom. The largest absolute Gasteiger partial charge is 0.368 e. The number of benzene rings is 1. The van der Waals surface area contributed by atoms with E-state index in [-0.39, 0.29) is 18.0 Å². The molecule has 0 heterocycles. The fourth-order valence-corrected chi connectivity index (χ4v) is 1.67. The summed E-state index contributed by atoms with van der Waals surface area (Å²) in [7, 11) is 0. The van der Waals surface area contributed by atoms with Gasteiger partial charge in [0.2, 0.25) is 5.91 Å². The normalized spacial score (nSPS) is 14.6. The van der Waals surface area contributed by atoms with Crippen LogP contribution in [0.25, 0.3) is 0 Å². The van der Waals surface area contributed by atoms with Crippen LogP contribution in [0, 0.1) is 0 Å². The molecule has 0 fully saturated rings. The molecular formula is C11H15ClN2O. The van der Waals surface area contributed by atoms with E-state index >= 15 is 0 Å². The van der Waals surface area contributed by atoms with Crippen molar-refractivity contribution in [2.75, 3.05) is 0 Å². The Bertz CT molecular complexity index is 354. The fraction of sp³-hybridized carbons (Fsp3) is 0.364. The van der Waals surface area contributed by atoms with Gasteiger partial charge < -0.3 is 5.73 Å². The minimum atomic E-state index is -0.367. The van der Waals surface area contributed by atoms with E-state index in [0.29, 0.717) is 5.02 Å². The van der Waals surface area contributed by atoms with Crippen LogP contribution in [0.5, 0.6) is 0 Å². The molecule has 0 aliphatic heterocycles. The number of carbonyl (C=O) groups is 1. The van der Waals surface area contributed by atoms with E-state index in [1.807, 2.05) is 31.2 Å². The van der Waals surface area contributed by atoms with E-state index in [4.69, 9.17) is 17.3 Å². The summed E-state index contributed by atoms with van der Waals surface area (Å²) in [6.07, 6.45) is 0. The molecule has 0 aliphatic rings. The van der Waals surface area contributed by atoms with Gasteiger partial charge in [0.1, 0.15) is 0 Å². The van der Waals surface area contributed by atoms with Gasteiger partial charge in [-0.05, 0) is 25.5 Å². The predicted molar refractivity (Wildman–Crippen MR) is 61.7 cm³/mol. The second-order valence-corrected chi connectivity index (χ2v) is 3.94. The topological polar surface area (TPSA) is 55.1 Å². The minimum absolute atomic E-state index is 0.00111. The number of hydrogen-bond donors (Lipinski definition) is 2. The molecule has 3 nitrogen and oxygen atoms in total. The van der Waals surface area contributed by atoms with Crippen molar-refractivity contribution in [1.29, 1.82) is 0 Å². The molecule has 3 N–H and O–H groups in total. The van der Waals surface area contributed by atoms with E-state index in [2.05, 4.69) is 5.32 Å². The average molecular weight is 227 g/mol. The number of amides is 1. The van der Waals surface area contributed by atoms with E-state index in [1.165, 1.54) is 0 Å². The quantitative estimate of drug-likeness (QED) is 0.824. The molecule has 15 heavy (non-hydrogen) atoms. The number of nitrogens with two attached hydrogens (primary N) is 1. The lowest BCUT2D eigenvalue weighted by molar-refractivity contribution is -0.119. The molecule has 0 saturated carbocycles. The van der Waals surface area contributed by atoms with Gasteiger partial charge in [0.05, 0.1) is 6.04 Å². The third kappa shape index (κ3) is 3.22. The van der Waals surface area contributed by atoms with Crippen LogP contribution in [-0.2, 0) is 4.79 Å². The molecule has 0 spiro atoms. The maximum atomic E-state index is 10.9. The van der Waals surface area contributed by atoms with Gasteiger partial charge in [-0.15, -0.1) is 0 Å². The third-order valence-corrected chi connectivity index (χ3v) is 2.64. The van der Waals surface area contributed by atoms with Gasteiger partial charge in [-0.2, -0.15) is 0 Å². The lowest BCUT2D eigenvalue weighted by Crippen LogP contribution is -2.40. The Labute approximate surface area is 94.6 Å². The SMILES string of the molecule is C[C@@H](N[C@H](C)c1ccccc1Cl)C(N)=O. The Morgan fingerprint density at radius 2 is 2.00 bits per heavy atom. The molecule has 1 amide bonds. The van der Waals surface area contributed by atoms with Gasteiger partial charge >= 0.3 is 0 Å². The molecule has 0 radical (unpaired) electrons. The molecule has 0 saturated heterocycles. The summed E-state index contributed by atoms with van der Waals surface area (Å²) in [5, 5.41) is 3.77. The third-order valence-electron chi connectivity index (χ3n) is 2.30. The second-order valence-electron chi connectivity index (χ2n) is 3.53. The zero-order valence-corrected chi connectivity index (χ0v) is 9.58. The van der Waals surface area contributed by atoms with Crippen molar-refractivity contribution < 1.29 is 4.79 Å². The molecule has 2 atom stereocenters. The number of hydrogen-bond acceptors (Lipinski definition) is 2. The van der Waals surface area contributed by atoms with Gasteiger partial charge in [-0.25, -0.2) is 0 Å². The second kappa shape index (κ2) is 5.14. The summed E-state index contributed by atoms with van der Waals surface area (Å²) >= 11 is 6.03. The minimum Gasteiger partial charge on any atom is -0.368 e. The van der Waals surface area contributed by atoms with Crippen LogP contribution >= 0.6 is 11.6 Å². The molecule has 0 aliphatic carbocycles. The van der Waals surface area contributed by atoms with Crippen LogP contribution in [0.1, 0.15) is 25.5 Å².